The van der Waals surface area contributed by atoms with Crippen molar-refractivity contribution in [3.05, 3.63) is 42.1 Å². The van der Waals surface area contributed by atoms with Crippen molar-refractivity contribution in [2.45, 2.75) is 6.92 Å². The molecular formula is C12H13N3O2. The number of nitrogens with one attached hydrogen (secondary N) is 2. The SMILES string of the molecule is CCNc1cc(C(=O)Nc2ccccc2)no1. The van der Waals surface area contributed by atoms with Crippen LogP contribution < -0.4 is 10.6 Å². The Morgan fingerprint density at radius 3 is 2.82 bits per heavy atom. The van der Waals surface area contributed by atoms with Crippen LogP contribution in [-0.4, -0.2) is 17.6 Å². The van der Waals surface area contributed by atoms with E-state index in [1.54, 1.807) is 6.07 Å². The number of anilines is 2. The maximum atomic E-state index is 11.8. The zero-order valence-electron chi connectivity index (χ0n) is 9.43. The lowest BCUT2D eigenvalue weighted by molar-refractivity contribution is 0.101. The highest BCUT2D eigenvalue weighted by Crippen LogP contribution is 2.12. The van der Waals surface area contributed by atoms with Gasteiger partial charge in [-0.15, -0.1) is 0 Å². The first kappa shape index (κ1) is 11.2. The highest BCUT2D eigenvalue weighted by Gasteiger charge is 2.11. The molecule has 0 unspecified atom stereocenters. The fraction of sp³-hybridized carbons (Fsp3) is 0.167. The number of para-hydroxylation sites is 1. The van der Waals surface area contributed by atoms with Gasteiger partial charge in [0.05, 0.1) is 0 Å². The van der Waals surface area contributed by atoms with Crippen LogP contribution >= 0.6 is 0 Å². The van der Waals surface area contributed by atoms with Crippen LogP contribution in [0.15, 0.2) is 40.9 Å². The zero-order valence-corrected chi connectivity index (χ0v) is 9.43. The number of carbonyl (C=O) groups is 1. The Kier molecular flexibility index (Phi) is 3.40. The summed E-state index contributed by atoms with van der Waals surface area (Å²) < 4.78 is 4.94. The third-order valence-corrected chi connectivity index (χ3v) is 2.13. The molecule has 1 amide bonds. The molecule has 0 radical (unpaired) electrons. The lowest BCUT2D eigenvalue weighted by Crippen LogP contribution is -2.11. The molecule has 0 aliphatic heterocycles. The van der Waals surface area contributed by atoms with Gasteiger partial charge in [0, 0.05) is 18.3 Å². The number of amides is 1. The second-order valence-corrected chi connectivity index (χ2v) is 3.43. The summed E-state index contributed by atoms with van der Waals surface area (Å²) in [6.07, 6.45) is 0. The molecule has 1 heterocycles. The Bertz CT molecular complexity index is 493. The predicted octanol–water partition coefficient (Wildman–Crippen LogP) is 2.36. The second-order valence-electron chi connectivity index (χ2n) is 3.43. The molecule has 0 saturated heterocycles. The van der Waals surface area contributed by atoms with Crippen molar-refractivity contribution in [3.63, 3.8) is 0 Å². The monoisotopic (exact) mass is 231 g/mol. The van der Waals surface area contributed by atoms with E-state index in [9.17, 15) is 4.79 Å². The van der Waals surface area contributed by atoms with E-state index in [1.807, 2.05) is 37.3 Å². The van der Waals surface area contributed by atoms with E-state index in [0.29, 0.717) is 5.88 Å². The van der Waals surface area contributed by atoms with Crippen molar-refractivity contribution in [3.8, 4) is 0 Å². The minimum Gasteiger partial charge on any atom is -0.354 e. The van der Waals surface area contributed by atoms with E-state index in [-0.39, 0.29) is 11.6 Å². The summed E-state index contributed by atoms with van der Waals surface area (Å²) in [5.41, 5.74) is 0.982. The minimum atomic E-state index is -0.288. The third kappa shape index (κ3) is 2.84. The Balaban J connectivity index is 2.04. The third-order valence-electron chi connectivity index (χ3n) is 2.13. The van der Waals surface area contributed by atoms with Gasteiger partial charge < -0.3 is 15.2 Å². The molecule has 0 fully saturated rings. The molecular weight excluding hydrogens is 218 g/mol. The number of carbonyl (C=O) groups excluding carboxylic acids is 1. The van der Waals surface area contributed by atoms with Crippen LogP contribution in [0, 0.1) is 0 Å². The maximum absolute atomic E-state index is 11.8. The minimum absolute atomic E-state index is 0.254. The van der Waals surface area contributed by atoms with Gasteiger partial charge in [-0.2, -0.15) is 0 Å². The molecule has 0 bridgehead atoms. The largest absolute Gasteiger partial charge is 0.354 e. The average Bonchev–Trinajstić information content (AvgIpc) is 2.79. The Hall–Kier alpha value is -2.30. The second kappa shape index (κ2) is 5.16. The smallest absolute Gasteiger partial charge is 0.277 e. The number of benzene rings is 1. The van der Waals surface area contributed by atoms with E-state index in [4.69, 9.17) is 4.52 Å². The summed E-state index contributed by atoms with van der Waals surface area (Å²) in [5.74, 6) is 0.204. The van der Waals surface area contributed by atoms with Gasteiger partial charge in [-0.1, -0.05) is 23.4 Å². The maximum Gasteiger partial charge on any atom is 0.277 e. The van der Waals surface area contributed by atoms with Crippen LogP contribution in [0.2, 0.25) is 0 Å². The first-order valence-electron chi connectivity index (χ1n) is 5.36. The van der Waals surface area contributed by atoms with Crippen molar-refractivity contribution in [2.24, 2.45) is 0 Å². The molecule has 2 aromatic rings. The summed E-state index contributed by atoms with van der Waals surface area (Å²) in [6.45, 7) is 2.65. The molecule has 0 atom stereocenters. The summed E-state index contributed by atoms with van der Waals surface area (Å²) in [6, 6.07) is 10.8. The predicted molar refractivity (Wildman–Crippen MR) is 65.1 cm³/mol. The molecule has 5 nitrogen and oxygen atoms in total. The number of hydrogen-bond acceptors (Lipinski definition) is 4. The van der Waals surface area contributed by atoms with Gasteiger partial charge >= 0.3 is 0 Å². The van der Waals surface area contributed by atoms with Gasteiger partial charge in [-0.25, -0.2) is 0 Å². The van der Waals surface area contributed by atoms with E-state index >= 15 is 0 Å². The van der Waals surface area contributed by atoms with E-state index in [1.165, 1.54) is 0 Å². The number of rotatable bonds is 4. The summed E-state index contributed by atoms with van der Waals surface area (Å²) >= 11 is 0. The van der Waals surface area contributed by atoms with Gasteiger partial charge in [0.1, 0.15) is 0 Å². The molecule has 0 saturated carbocycles. The van der Waals surface area contributed by atoms with Crippen LogP contribution in [0.25, 0.3) is 0 Å². The van der Waals surface area contributed by atoms with Gasteiger partial charge in [-0.05, 0) is 19.1 Å². The van der Waals surface area contributed by atoms with Crippen molar-refractivity contribution < 1.29 is 9.32 Å². The van der Waals surface area contributed by atoms with E-state index in [0.717, 1.165) is 12.2 Å². The van der Waals surface area contributed by atoms with Crippen molar-refractivity contribution >= 4 is 17.5 Å². The molecule has 88 valence electrons. The fourth-order valence-electron chi connectivity index (χ4n) is 1.36. The Labute approximate surface area is 98.8 Å². The Morgan fingerprint density at radius 2 is 2.12 bits per heavy atom. The normalized spacial score (nSPS) is 9.94. The van der Waals surface area contributed by atoms with Crippen LogP contribution in [-0.2, 0) is 0 Å². The Morgan fingerprint density at radius 1 is 1.35 bits per heavy atom. The average molecular weight is 231 g/mol. The molecule has 0 aliphatic carbocycles. The zero-order chi connectivity index (χ0) is 12.1. The molecule has 17 heavy (non-hydrogen) atoms. The molecule has 0 aliphatic rings. The van der Waals surface area contributed by atoms with Crippen LogP contribution in [0.4, 0.5) is 11.6 Å². The van der Waals surface area contributed by atoms with Crippen molar-refractivity contribution in [1.82, 2.24) is 5.16 Å². The van der Waals surface area contributed by atoms with Gasteiger partial charge in [0.15, 0.2) is 5.69 Å². The molecule has 2 N–H and O–H groups in total. The molecule has 0 spiro atoms. The highest BCUT2D eigenvalue weighted by molar-refractivity contribution is 6.03. The first-order valence-corrected chi connectivity index (χ1v) is 5.36. The van der Waals surface area contributed by atoms with Crippen LogP contribution in [0.1, 0.15) is 17.4 Å². The number of aromatic nitrogens is 1. The molecule has 1 aromatic carbocycles. The lowest BCUT2D eigenvalue weighted by atomic mass is 10.3. The molecule has 1 aromatic heterocycles. The molecule has 2 rings (SSSR count). The summed E-state index contributed by atoms with van der Waals surface area (Å²) in [7, 11) is 0. The summed E-state index contributed by atoms with van der Waals surface area (Å²) in [5, 5.41) is 9.34. The molecule has 5 heteroatoms. The summed E-state index contributed by atoms with van der Waals surface area (Å²) in [4.78, 5) is 11.8. The topological polar surface area (TPSA) is 67.2 Å². The van der Waals surface area contributed by atoms with Crippen LogP contribution in [0.3, 0.4) is 0 Å². The highest BCUT2D eigenvalue weighted by atomic mass is 16.5. The first-order chi connectivity index (χ1) is 8.29. The van der Waals surface area contributed by atoms with Crippen molar-refractivity contribution in [1.29, 1.82) is 0 Å². The van der Waals surface area contributed by atoms with Gasteiger partial charge in [0.25, 0.3) is 5.91 Å². The lowest BCUT2D eigenvalue weighted by Gasteiger charge is -2.00. The van der Waals surface area contributed by atoms with Gasteiger partial charge in [0.2, 0.25) is 5.88 Å². The standard InChI is InChI=1S/C12H13N3O2/c1-2-13-11-8-10(15-17-11)12(16)14-9-6-4-3-5-7-9/h3-8,13H,2H2,1H3,(H,14,16). The van der Waals surface area contributed by atoms with Gasteiger partial charge in [-0.3, -0.25) is 4.79 Å². The van der Waals surface area contributed by atoms with Crippen LogP contribution in [0.5, 0.6) is 0 Å². The number of hydrogen-bond donors (Lipinski definition) is 2. The van der Waals surface area contributed by atoms with Crippen molar-refractivity contribution in [2.75, 3.05) is 17.2 Å². The fourth-order valence-corrected chi connectivity index (χ4v) is 1.36. The quantitative estimate of drug-likeness (QED) is 0.847. The van der Waals surface area contributed by atoms with E-state index in [2.05, 4.69) is 15.8 Å². The number of nitrogens with zero attached hydrogens (tertiary/aromatic N) is 1. The van der Waals surface area contributed by atoms with E-state index < -0.39 is 0 Å².